The molecule has 2 atom stereocenters. The van der Waals surface area contributed by atoms with Crippen molar-refractivity contribution in [1.29, 1.82) is 0 Å². The maximum atomic E-state index is 6.71. The second kappa shape index (κ2) is 7.41. The number of nitrogens with two attached hydrogens (primary N) is 1. The summed E-state index contributed by atoms with van der Waals surface area (Å²) in [6, 6.07) is 8.69. The maximum absolute atomic E-state index is 6.71. The Labute approximate surface area is 161 Å². The second-order valence-corrected chi connectivity index (χ2v) is 9.36. The van der Waals surface area contributed by atoms with Gasteiger partial charge in [0.05, 0.1) is 5.60 Å². The van der Waals surface area contributed by atoms with Gasteiger partial charge in [-0.15, -0.1) is 11.3 Å². The average molecular weight is 371 g/mol. The highest BCUT2D eigenvalue weighted by Crippen LogP contribution is 2.50. The van der Waals surface area contributed by atoms with Gasteiger partial charge in [-0.05, 0) is 74.6 Å². The molecule has 26 heavy (non-hydrogen) atoms. The van der Waals surface area contributed by atoms with Crippen LogP contribution in [0.2, 0.25) is 0 Å². The van der Waals surface area contributed by atoms with E-state index in [0.29, 0.717) is 0 Å². The number of ether oxygens (including phenoxy) is 1. The number of aromatic nitrogens is 1. The van der Waals surface area contributed by atoms with E-state index in [1.165, 1.54) is 41.8 Å². The molecular weight excluding hydrogens is 340 g/mol. The fourth-order valence-electron chi connectivity index (χ4n) is 5.16. The predicted molar refractivity (Wildman–Crippen MR) is 108 cm³/mol. The van der Waals surface area contributed by atoms with E-state index in [0.717, 1.165) is 32.3 Å². The SMILES string of the molecule is Cc1ccsc1CC(N)CC1(c2ccccn2)CCOC2(CCCC2)C1. The van der Waals surface area contributed by atoms with Crippen LogP contribution in [0, 0.1) is 6.92 Å². The van der Waals surface area contributed by atoms with Gasteiger partial charge >= 0.3 is 0 Å². The zero-order valence-electron chi connectivity index (χ0n) is 15.7. The van der Waals surface area contributed by atoms with Crippen molar-refractivity contribution in [3.05, 3.63) is 52.0 Å². The van der Waals surface area contributed by atoms with Gasteiger partial charge in [-0.1, -0.05) is 18.9 Å². The minimum Gasteiger partial charge on any atom is -0.375 e. The third-order valence-corrected chi connectivity index (χ3v) is 7.49. The monoisotopic (exact) mass is 370 g/mol. The first-order valence-corrected chi connectivity index (χ1v) is 10.8. The molecule has 2 aliphatic rings. The molecule has 0 aromatic carbocycles. The van der Waals surface area contributed by atoms with Gasteiger partial charge in [-0.3, -0.25) is 4.98 Å². The molecule has 1 saturated carbocycles. The van der Waals surface area contributed by atoms with Gasteiger partial charge in [-0.2, -0.15) is 0 Å². The van der Waals surface area contributed by atoms with Crippen LogP contribution in [-0.2, 0) is 16.6 Å². The van der Waals surface area contributed by atoms with Crippen LogP contribution in [0.4, 0.5) is 0 Å². The number of hydrogen-bond acceptors (Lipinski definition) is 4. The molecule has 2 fully saturated rings. The van der Waals surface area contributed by atoms with Crippen LogP contribution in [0.5, 0.6) is 0 Å². The first kappa shape index (κ1) is 18.1. The van der Waals surface area contributed by atoms with Crippen LogP contribution >= 0.6 is 11.3 Å². The Kier molecular flexibility index (Phi) is 5.18. The third-order valence-electron chi connectivity index (χ3n) is 6.44. The lowest BCUT2D eigenvalue weighted by Crippen LogP contribution is -2.49. The zero-order chi connectivity index (χ0) is 18.0. The molecule has 2 unspecified atom stereocenters. The van der Waals surface area contributed by atoms with Crippen LogP contribution in [0.1, 0.15) is 61.1 Å². The Bertz CT molecular complexity index is 723. The van der Waals surface area contributed by atoms with E-state index in [2.05, 4.69) is 30.5 Å². The average Bonchev–Trinajstić information content (AvgIpc) is 3.25. The van der Waals surface area contributed by atoms with Crippen molar-refractivity contribution in [1.82, 2.24) is 4.98 Å². The Morgan fingerprint density at radius 2 is 2.08 bits per heavy atom. The Hall–Kier alpha value is -1.23. The molecule has 2 aromatic heterocycles. The summed E-state index contributed by atoms with van der Waals surface area (Å²) in [5.74, 6) is 0. The number of nitrogens with zero attached hydrogens (tertiary/aromatic N) is 1. The summed E-state index contributed by atoms with van der Waals surface area (Å²) in [6.07, 6.45) is 11.0. The summed E-state index contributed by atoms with van der Waals surface area (Å²) < 4.78 is 6.34. The number of thiophene rings is 1. The van der Waals surface area contributed by atoms with Gasteiger partial charge in [0.25, 0.3) is 0 Å². The van der Waals surface area contributed by atoms with E-state index in [4.69, 9.17) is 15.5 Å². The van der Waals surface area contributed by atoms with E-state index in [1.54, 1.807) is 0 Å². The molecule has 3 heterocycles. The van der Waals surface area contributed by atoms with E-state index < -0.39 is 0 Å². The largest absolute Gasteiger partial charge is 0.375 e. The van der Waals surface area contributed by atoms with E-state index in [9.17, 15) is 0 Å². The van der Waals surface area contributed by atoms with Crippen molar-refractivity contribution < 1.29 is 4.74 Å². The molecule has 0 radical (unpaired) electrons. The lowest BCUT2D eigenvalue weighted by molar-refractivity contribution is -0.105. The van der Waals surface area contributed by atoms with E-state index >= 15 is 0 Å². The number of aryl methyl sites for hydroxylation is 1. The van der Waals surface area contributed by atoms with Crippen LogP contribution in [-0.4, -0.2) is 23.2 Å². The van der Waals surface area contributed by atoms with Crippen LogP contribution in [0.15, 0.2) is 35.8 Å². The van der Waals surface area contributed by atoms with Crippen LogP contribution < -0.4 is 5.73 Å². The molecule has 140 valence electrons. The minimum atomic E-state index is 0.0500. The predicted octanol–water partition coefficient (Wildman–Crippen LogP) is 4.77. The molecule has 2 aromatic rings. The Morgan fingerprint density at radius 3 is 2.77 bits per heavy atom. The molecule has 4 rings (SSSR count). The minimum absolute atomic E-state index is 0.0500. The molecular formula is C22H30N2OS. The summed E-state index contributed by atoms with van der Waals surface area (Å²) >= 11 is 1.83. The molecule has 0 bridgehead atoms. The number of hydrogen-bond donors (Lipinski definition) is 1. The molecule has 4 heteroatoms. The van der Waals surface area contributed by atoms with Crippen molar-refractivity contribution in [3.8, 4) is 0 Å². The second-order valence-electron chi connectivity index (χ2n) is 8.36. The van der Waals surface area contributed by atoms with E-state index in [1.807, 2.05) is 23.6 Å². The van der Waals surface area contributed by atoms with E-state index in [-0.39, 0.29) is 17.1 Å². The van der Waals surface area contributed by atoms with Crippen molar-refractivity contribution in [2.45, 2.75) is 75.3 Å². The topological polar surface area (TPSA) is 48.1 Å². The van der Waals surface area contributed by atoms with Gasteiger partial charge in [0.15, 0.2) is 0 Å². The van der Waals surface area contributed by atoms with Gasteiger partial charge < -0.3 is 10.5 Å². The zero-order valence-corrected chi connectivity index (χ0v) is 16.6. The number of pyridine rings is 1. The lowest BCUT2D eigenvalue weighted by atomic mass is 9.66. The van der Waals surface area contributed by atoms with Crippen molar-refractivity contribution >= 4 is 11.3 Å². The lowest BCUT2D eigenvalue weighted by Gasteiger charge is -2.47. The van der Waals surface area contributed by atoms with Gasteiger partial charge in [0.2, 0.25) is 0 Å². The molecule has 3 nitrogen and oxygen atoms in total. The Balaban J connectivity index is 1.60. The fourth-order valence-corrected chi connectivity index (χ4v) is 6.16. The molecule has 2 N–H and O–H groups in total. The molecule has 1 saturated heterocycles. The fraction of sp³-hybridized carbons (Fsp3) is 0.591. The molecule has 1 spiro atoms. The van der Waals surface area contributed by atoms with Crippen molar-refractivity contribution in [2.24, 2.45) is 5.73 Å². The summed E-state index contributed by atoms with van der Waals surface area (Å²) in [5, 5.41) is 2.17. The number of rotatable bonds is 5. The highest BCUT2D eigenvalue weighted by atomic mass is 32.1. The maximum Gasteiger partial charge on any atom is 0.0691 e. The molecule has 1 aliphatic carbocycles. The standard InChI is InChI=1S/C22H30N2OS/c1-17-7-13-26-19(17)14-18(23)15-21(20-6-2-5-11-24-20)10-12-25-22(16-21)8-3-4-9-22/h2,5-7,11,13,18H,3-4,8-10,12,14-16,23H2,1H3. The quantitative estimate of drug-likeness (QED) is 0.824. The van der Waals surface area contributed by atoms with Gasteiger partial charge in [0, 0.05) is 34.8 Å². The highest BCUT2D eigenvalue weighted by molar-refractivity contribution is 7.10. The summed E-state index contributed by atoms with van der Waals surface area (Å²) in [5.41, 5.74) is 9.41. The third kappa shape index (κ3) is 3.60. The first-order valence-electron chi connectivity index (χ1n) is 9.95. The molecule has 1 aliphatic heterocycles. The normalized spacial score (nSPS) is 26.2. The summed E-state index contributed by atoms with van der Waals surface area (Å²) in [7, 11) is 0. The van der Waals surface area contributed by atoms with Crippen molar-refractivity contribution in [3.63, 3.8) is 0 Å². The molecule has 0 amide bonds. The Morgan fingerprint density at radius 1 is 1.23 bits per heavy atom. The summed E-state index contributed by atoms with van der Waals surface area (Å²) in [4.78, 5) is 6.22. The van der Waals surface area contributed by atoms with Crippen LogP contribution in [0.25, 0.3) is 0 Å². The van der Waals surface area contributed by atoms with Crippen molar-refractivity contribution in [2.75, 3.05) is 6.61 Å². The van der Waals surface area contributed by atoms with Gasteiger partial charge in [0.1, 0.15) is 0 Å². The highest BCUT2D eigenvalue weighted by Gasteiger charge is 2.49. The summed E-state index contributed by atoms with van der Waals surface area (Å²) in [6.45, 7) is 3.02. The smallest absolute Gasteiger partial charge is 0.0691 e. The first-order chi connectivity index (χ1) is 12.6. The van der Waals surface area contributed by atoms with Crippen LogP contribution in [0.3, 0.4) is 0 Å². The van der Waals surface area contributed by atoms with Gasteiger partial charge in [-0.25, -0.2) is 0 Å².